The maximum Gasteiger partial charge on any atom is 0.110 e. The molecular weight excluding hydrogens is 382 g/mol. The molecule has 0 aliphatic carbocycles. The first-order valence-corrected chi connectivity index (χ1v) is 12.0. The molecule has 1 aliphatic heterocycles. The summed E-state index contributed by atoms with van der Waals surface area (Å²) in [6.07, 6.45) is 1.13. The van der Waals surface area contributed by atoms with E-state index in [1.165, 1.54) is 27.8 Å². The van der Waals surface area contributed by atoms with Crippen LogP contribution >= 0.6 is 12.2 Å². The van der Waals surface area contributed by atoms with E-state index in [1.54, 1.807) is 0 Å². The van der Waals surface area contributed by atoms with Crippen LogP contribution in [0.5, 0.6) is 0 Å². The van der Waals surface area contributed by atoms with Crippen molar-refractivity contribution in [3.63, 3.8) is 0 Å². The summed E-state index contributed by atoms with van der Waals surface area (Å²) < 4.78 is 0. The van der Waals surface area contributed by atoms with Gasteiger partial charge in [-0.3, -0.25) is 0 Å². The summed E-state index contributed by atoms with van der Waals surface area (Å²) in [5.41, 5.74) is 7.19. The number of benzene rings is 2. The molecule has 1 heterocycles. The quantitative estimate of drug-likeness (QED) is 0.447. The van der Waals surface area contributed by atoms with Gasteiger partial charge in [0.1, 0.15) is 4.99 Å². The topological polar surface area (TPSA) is 3.24 Å². The Kier molecular flexibility index (Phi) is 6.77. The molecule has 2 aromatic rings. The molecule has 162 valence electrons. The third-order valence-corrected chi connectivity index (χ3v) is 6.95. The van der Waals surface area contributed by atoms with Gasteiger partial charge in [-0.1, -0.05) is 110 Å². The Labute approximate surface area is 189 Å². The smallest absolute Gasteiger partial charge is 0.110 e. The minimum atomic E-state index is 0.248. The molecule has 0 radical (unpaired) electrons. The second kappa shape index (κ2) is 8.83. The lowest BCUT2D eigenvalue weighted by atomic mass is 9.84. The van der Waals surface area contributed by atoms with Crippen LogP contribution < -0.4 is 0 Å². The first-order chi connectivity index (χ1) is 14.0. The predicted molar refractivity (Wildman–Crippen MR) is 135 cm³/mol. The van der Waals surface area contributed by atoms with Gasteiger partial charge in [-0.15, -0.1) is 0 Å². The second-order valence-corrected chi connectivity index (χ2v) is 11.2. The van der Waals surface area contributed by atoms with E-state index >= 15 is 0 Å². The van der Waals surface area contributed by atoms with Crippen LogP contribution in [0.4, 0.5) is 0 Å². The molecule has 1 aliphatic rings. The van der Waals surface area contributed by atoms with E-state index < -0.39 is 0 Å². The highest BCUT2D eigenvalue weighted by molar-refractivity contribution is 7.80. The summed E-state index contributed by atoms with van der Waals surface area (Å²) in [5.74, 6) is 1.41. The van der Waals surface area contributed by atoms with Gasteiger partial charge in [0.05, 0.1) is 6.04 Å². The molecule has 1 atom stereocenters. The number of hydrogen-bond donors (Lipinski definition) is 0. The molecule has 1 nitrogen and oxygen atoms in total. The maximum absolute atomic E-state index is 6.31. The minimum absolute atomic E-state index is 0.248. The van der Waals surface area contributed by atoms with E-state index in [1.807, 2.05) is 0 Å². The number of likely N-dealkylation sites (tertiary alicyclic amines) is 1. The van der Waals surface area contributed by atoms with Crippen LogP contribution in [0.25, 0.3) is 0 Å². The highest BCUT2D eigenvalue weighted by Gasteiger charge is 2.40. The minimum Gasteiger partial charge on any atom is -0.355 e. The standard InChI is InChI=1S/C28H39NS/c1-18(2)22-14-23(19(3)4)26(24(15-22)20(5)6)27(30)29-17-28(7,8)16-25(29)21-12-10-9-11-13-21/h9-15,18-20,25H,16-17H2,1-8H3/t25-/m1/s1. The van der Waals surface area contributed by atoms with Crippen LogP contribution in [0.3, 0.4) is 0 Å². The molecule has 0 N–H and O–H groups in total. The van der Waals surface area contributed by atoms with Crippen molar-refractivity contribution in [2.24, 2.45) is 5.41 Å². The van der Waals surface area contributed by atoms with Gasteiger partial charge in [0.15, 0.2) is 0 Å². The summed E-state index contributed by atoms with van der Waals surface area (Å²) in [6, 6.07) is 16.1. The van der Waals surface area contributed by atoms with Gasteiger partial charge in [-0.05, 0) is 51.8 Å². The van der Waals surface area contributed by atoms with Crippen molar-refractivity contribution in [2.45, 2.75) is 85.6 Å². The van der Waals surface area contributed by atoms with E-state index in [0.717, 1.165) is 18.0 Å². The molecule has 0 aromatic heterocycles. The summed E-state index contributed by atoms with van der Waals surface area (Å²) in [4.78, 5) is 3.56. The Morgan fingerprint density at radius 3 is 1.90 bits per heavy atom. The fraction of sp³-hybridized carbons (Fsp3) is 0.536. The summed E-state index contributed by atoms with van der Waals surface area (Å²) in [7, 11) is 0. The van der Waals surface area contributed by atoms with Crippen molar-refractivity contribution in [3.8, 4) is 0 Å². The van der Waals surface area contributed by atoms with Crippen molar-refractivity contribution in [2.75, 3.05) is 6.54 Å². The molecule has 0 unspecified atom stereocenters. The average Bonchev–Trinajstić information content (AvgIpc) is 3.02. The fourth-order valence-electron chi connectivity index (χ4n) is 4.80. The van der Waals surface area contributed by atoms with Gasteiger partial charge in [0, 0.05) is 12.1 Å². The van der Waals surface area contributed by atoms with Crippen LogP contribution in [0, 0.1) is 5.41 Å². The monoisotopic (exact) mass is 421 g/mol. The molecule has 0 saturated carbocycles. The van der Waals surface area contributed by atoms with E-state index in [2.05, 4.69) is 103 Å². The first-order valence-electron chi connectivity index (χ1n) is 11.6. The molecule has 30 heavy (non-hydrogen) atoms. The Hall–Kier alpha value is -1.67. The lowest BCUT2D eigenvalue weighted by Gasteiger charge is -2.32. The Morgan fingerprint density at radius 2 is 1.43 bits per heavy atom. The van der Waals surface area contributed by atoms with E-state index in [-0.39, 0.29) is 5.41 Å². The van der Waals surface area contributed by atoms with E-state index in [4.69, 9.17) is 12.2 Å². The molecular formula is C28H39NS. The van der Waals surface area contributed by atoms with Gasteiger partial charge in [0.2, 0.25) is 0 Å². The SMILES string of the molecule is CC(C)c1cc(C(C)C)c(C(=S)N2CC(C)(C)C[C@@H]2c2ccccc2)c(C(C)C)c1. The van der Waals surface area contributed by atoms with Crippen LogP contribution in [-0.2, 0) is 0 Å². The lowest BCUT2D eigenvalue weighted by Crippen LogP contribution is -2.33. The number of nitrogens with zero attached hydrogens (tertiary/aromatic N) is 1. The summed E-state index contributed by atoms with van der Waals surface area (Å²) in [5, 5.41) is 0. The summed E-state index contributed by atoms with van der Waals surface area (Å²) >= 11 is 6.31. The molecule has 1 saturated heterocycles. The molecule has 3 rings (SSSR count). The second-order valence-electron chi connectivity index (χ2n) is 10.8. The van der Waals surface area contributed by atoms with E-state index in [9.17, 15) is 0 Å². The highest BCUT2D eigenvalue weighted by atomic mass is 32.1. The Morgan fingerprint density at radius 1 is 0.900 bits per heavy atom. The van der Waals surface area contributed by atoms with Crippen molar-refractivity contribution >= 4 is 17.2 Å². The van der Waals surface area contributed by atoms with Gasteiger partial charge in [-0.2, -0.15) is 0 Å². The Balaban J connectivity index is 2.15. The van der Waals surface area contributed by atoms with Crippen molar-refractivity contribution in [3.05, 3.63) is 70.3 Å². The average molecular weight is 422 g/mol. The van der Waals surface area contributed by atoms with Crippen LogP contribution in [0.15, 0.2) is 42.5 Å². The largest absolute Gasteiger partial charge is 0.355 e. The molecule has 1 fully saturated rings. The zero-order valence-corrected chi connectivity index (χ0v) is 20.9. The van der Waals surface area contributed by atoms with Crippen molar-refractivity contribution in [1.82, 2.24) is 4.90 Å². The molecule has 0 amide bonds. The molecule has 2 heteroatoms. The molecule has 0 spiro atoms. The van der Waals surface area contributed by atoms with Crippen molar-refractivity contribution < 1.29 is 0 Å². The van der Waals surface area contributed by atoms with Gasteiger partial charge in [0.25, 0.3) is 0 Å². The Bertz CT molecular complexity index is 863. The predicted octanol–water partition coefficient (Wildman–Crippen LogP) is 8.21. The van der Waals surface area contributed by atoms with E-state index in [0.29, 0.717) is 23.8 Å². The zero-order valence-electron chi connectivity index (χ0n) is 20.1. The number of hydrogen-bond acceptors (Lipinski definition) is 1. The summed E-state index contributed by atoms with van der Waals surface area (Å²) in [6.45, 7) is 19.5. The highest BCUT2D eigenvalue weighted by Crippen LogP contribution is 2.45. The molecule has 2 aromatic carbocycles. The van der Waals surface area contributed by atoms with Crippen LogP contribution in [0.1, 0.15) is 113 Å². The fourth-order valence-corrected chi connectivity index (χ4v) is 5.23. The normalized spacial score (nSPS) is 18.6. The van der Waals surface area contributed by atoms with Crippen LogP contribution in [-0.4, -0.2) is 16.4 Å². The van der Waals surface area contributed by atoms with Crippen LogP contribution in [0.2, 0.25) is 0 Å². The van der Waals surface area contributed by atoms with Gasteiger partial charge in [-0.25, -0.2) is 0 Å². The number of thiocarbonyl (C=S) groups is 1. The van der Waals surface area contributed by atoms with Gasteiger partial charge < -0.3 is 4.90 Å². The zero-order chi connectivity index (χ0) is 22.2. The molecule has 0 bridgehead atoms. The third-order valence-electron chi connectivity index (χ3n) is 6.51. The van der Waals surface area contributed by atoms with Crippen molar-refractivity contribution in [1.29, 1.82) is 0 Å². The van der Waals surface area contributed by atoms with Gasteiger partial charge >= 0.3 is 0 Å². The maximum atomic E-state index is 6.31. The first kappa shape index (κ1) is 23.0. The third kappa shape index (κ3) is 4.64. The number of rotatable bonds is 5. The lowest BCUT2D eigenvalue weighted by molar-refractivity contribution is 0.371.